The summed E-state index contributed by atoms with van der Waals surface area (Å²) in [4.78, 5) is 12.4. The fourth-order valence-corrected chi connectivity index (χ4v) is 3.14. The number of benzene rings is 2. The molecule has 0 unspecified atom stereocenters. The van der Waals surface area contributed by atoms with Gasteiger partial charge in [0.05, 0.1) is 20.6 Å². The second kappa shape index (κ2) is 9.33. The summed E-state index contributed by atoms with van der Waals surface area (Å²) in [6.07, 6.45) is 2.99. The number of methoxy groups -OCH3 is 2. The van der Waals surface area contributed by atoms with E-state index in [2.05, 4.69) is 5.32 Å². The van der Waals surface area contributed by atoms with Crippen LogP contribution in [0.2, 0.25) is 5.02 Å². The van der Waals surface area contributed by atoms with E-state index in [0.29, 0.717) is 29.5 Å². The first-order valence-corrected chi connectivity index (χ1v) is 9.38. The third-order valence-corrected chi connectivity index (χ3v) is 4.72. The minimum absolute atomic E-state index is 0.0191. The van der Waals surface area contributed by atoms with E-state index in [1.54, 1.807) is 14.2 Å². The average Bonchev–Trinajstić information content (AvgIpc) is 3.17. The number of amides is 1. The maximum absolute atomic E-state index is 12.4. The highest BCUT2D eigenvalue weighted by molar-refractivity contribution is 6.30. The number of carbonyl (C=O) groups is 1. The molecule has 1 N–H and O–H groups in total. The van der Waals surface area contributed by atoms with E-state index < -0.39 is 0 Å². The lowest BCUT2D eigenvalue weighted by molar-refractivity contribution is -0.120. The molecule has 0 aliphatic rings. The maximum Gasteiger partial charge on any atom is 0.225 e. The standard InChI is InChI=1S/C22H23ClN2O3/c1-27-20-10-9-19(14-21(20)28-2)25-13-3-4-18(25)15-22(26)24-12-11-16-5-7-17(23)8-6-16/h3-10,13-14H,11-12,15H2,1-2H3,(H,24,26). The van der Waals surface area contributed by atoms with Gasteiger partial charge in [-0.25, -0.2) is 0 Å². The molecule has 0 aliphatic heterocycles. The van der Waals surface area contributed by atoms with E-state index in [9.17, 15) is 4.79 Å². The minimum Gasteiger partial charge on any atom is -0.493 e. The summed E-state index contributed by atoms with van der Waals surface area (Å²) in [5.41, 5.74) is 2.95. The first-order valence-electron chi connectivity index (χ1n) is 9.00. The summed E-state index contributed by atoms with van der Waals surface area (Å²) in [6.45, 7) is 0.581. The number of ether oxygens (including phenoxy) is 2. The molecule has 5 nitrogen and oxygen atoms in total. The molecule has 0 radical (unpaired) electrons. The molecule has 1 aromatic heterocycles. The lowest BCUT2D eigenvalue weighted by Gasteiger charge is -2.13. The molecule has 3 rings (SSSR count). The third kappa shape index (κ3) is 4.87. The molecule has 0 saturated heterocycles. The van der Waals surface area contributed by atoms with Gasteiger partial charge in [0, 0.05) is 35.2 Å². The van der Waals surface area contributed by atoms with Crippen LogP contribution in [0.25, 0.3) is 5.69 Å². The Morgan fingerprint density at radius 2 is 1.79 bits per heavy atom. The van der Waals surface area contributed by atoms with E-state index in [-0.39, 0.29) is 5.91 Å². The molecule has 28 heavy (non-hydrogen) atoms. The van der Waals surface area contributed by atoms with E-state index in [1.807, 2.05) is 65.4 Å². The monoisotopic (exact) mass is 398 g/mol. The Balaban J connectivity index is 1.62. The Morgan fingerprint density at radius 1 is 1.04 bits per heavy atom. The zero-order chi connectivity index (χ0) is 19.9. The van der Waals surface area contributed by atoms with Crippen molar-refractivity contribution in [3.05, 3.63) is 77.1 Å². The summed E-state index contributed by atoms with van der Waals surface area (Å²) in [5, 5.41) is 3.69. The Bertz CT molecular complexity index is 935. The number of nitrogens with zero attached hydrogens (tertiary/aromatic N) is 1. The van der Waals surface area contributed by atoms with Gasteiger partial charge in [-0.2, -0.15) is 0 Å². The van der Waals surface area contributed by atoms with Crippen LogP contribution in [-0.2, 0) is 17.6 Å². The highest BCUT2D eigenvalue weighted by Crippen LogP contribution is 2.29. The van der Waals surface area contributed by atoms with Crippen LogP contribution in [0.4, 0.5) is 0 Å². The number of halogens is 1. The molecule has 1 amide bonds. The first kappa shape index (κ1) is 19.8. The molecule has 146 valence electrons. The highest BCUT2D eigenvalue weighted by Gasteiger charge is 2.11. The number of nitrogens with one attached hydrogen (secondary N) is 1. The van der Waals surface area contributed by atoms with Gasteiger partial charge in [-0.05, 0) is 48.4 Å². The second-order valence-corrected chi connectivity index (χ2v) is 6.75. The predicted octanol–water partition coefficient (Wildman–Crippen LogP) is 4.05. The quantitative estimate of drug-likeness (QED) is 0.622. The van der Waals surface area contributed by atoms with Gasteiger partial charge in [0.2, 0.25) is 5.91 Å². The van der Waals surface area contributed by atoms with Crippen molar-refractivity contribution in [2.45, 2.75) is 12.8 Å². The molecule has 3 aromatic rings. The fourth-order valence-electron chi connectivity index (χ4n) is 3.01. The molecule has 6 heteroatoms. The highest BCUT2D eigenvalue weighted by atomic mass is 35.5. The van der Waals surface area contributed by atoms with Crippen molar-refractivity contribution >= 4 is 17.5 Å². The molecule has 0 atom stereocenters. The molecule has 0 aliphatic carbocycles. The Kier molecular flexibility index (Phi) is 6.61. The largest absolute Gasteiger partial charge is 0.493 e. The summed E-state index contributed by atoms with van der Waals surface area (Å²) in [5.74, 6) is 1.29. The van der Waals surface area contributed by atoms with E-state index in [0.717, 1.165) is 23.4 Å². The SMILES string of the molecule is COc1ccc(-n2cccc2CC(=O)NCCc2ccc(Cl)cc2)cc1OC. The van der Waals surface area contributed by atoms with Crippen LogP contribution in [0, 0.1) is 0 Å². The summed E-state index contributed by atoms with van der Waals surface area (Å²) in [6, 6.07) is 17.2. The van der Waals surface area contributed by atoms with Crippen molar-refractivity contribution < 1.29 is 14.3 Å². The summed E-state index contributed by atoms with van der Waals surface area (Å²) in [7, 11) is 3.21. The molecule has 0 saturated carbocycles. The molecular formula is C22H23ClN2O3. The molecule has 0 fully saturated rings. The number of rotatable bonds is 8. The van der Waals surface area contributed by atoms with Crippen molar-refractivity contribution in [2.24, 2.45) is 0 Å². The molecule has 2 aromatic carbocycles. The predicted molar refractivity (Wildman–Crippen MR) is 111 cm³/mol. The number of hydrogen-bond donors (Lipinski definition) is 1. The van der Waals surface area contributed by atoms with Crippen molar-refractivity contribution in [3.63, 3.8) is 0 Å². The van der Waals surface area contributed by atoms with Crippen LogP contribution >= 0.6 is 11.6 Å². The van der Waals surface area contributed by atoms with E-state index in [1.165, 1.54) is 0 Å². The van der Waals surface area contributed by atoms with Crippen molar-refractivity contribution in [2.75, 3.05) is 20.8 Å². The zero-order valence-corrected chi connectivity index (χ0v) is 16.7. The second-order valence-electron chi connectivity index (χ2n) is 6.31. The Hall–Kier alpha value is -2.92. The van der Waals surface area contributed by atoms with Gasteiger partial charge in [0.15, 0.2) is 11.5 Å². The van der Waals surface area contributed by atoms with Gasteiger partial charge in [-0.15, -0.1) is 0 Å². The van der Waals surface area contributed by atoms with Gasteiger partial charge in [0.25, 0.3) is 0 Å². The average molecular weight is 399 g/mol. The van der Waals surface area contributed by atoms with Gasteiger partial charge >= 0.3 is 0 Å². The summed E-state index contributed by atoms with van der Waals surface area (Å²) >= 11 is 5.89. The van der Waals surface area contributed by atoms with Gasteiger partial charge in [-0.1, -0.05) is 23.7 Å². The van der Waals surface area contributed by atoms with Gasteiger partial charge in [-0.3, -0.25) is 4.79 Å². The number of aromatic nitrogens is 1. The van der Waals surface area contributed by atoms with Crippen LogP contribution in [0.3, 0.4) is 0 Å². The van der Waals surface area contributed by atoms with Crippen LogP contribution in [0.1, 0.15) is 11.3 Å². The van der Waals surface area contributed by atoms with Crippen LogP contribution in [0.5, 0.6) is 11.5 Å². The Labute approximate surface area is 169 Å². The van der Waals surface area contributed by atoms with Crippen LogP contribution in [0.15, 0.2) is 60.8 Å². The van der Waals surface area contributed by atoms with Gasteiger partial charge < -0.3 is 19.4 Å². The summed E-state index contributed by atoms with van der Waals surface area (Å²) < 4.78 is 12.6. The molecular weight excluding hydrogens is 376 g/mol. The Morgan fingerprint density at radius 3 is 2.50 bits per heavy atom. The lowest BCUT2D eigenvalue weighted by atomic mass is 10.1. The van der Waals surface area contributed by atoms with E-state index in [4.69, 9.17) is 21.1 Å². The topological polar surface area (TPSA) is 52.5 Å². The minimum atomic E-state index is -0.0191. The van der Waals surface area contributed by atoms with Crippen molar-refractivity contribution in [3.8, 4) is 17.2 Å². The maximum atomic E-state index is 12.4. The normalized spacial score (nSPS) is 10.5. The van der Waals surface area contributed by atoms with Gasteiger partial charge in [0.1, 0.15) is 0 Å². The zero-order valence-electron chi connectivity index (χ0n) is 15.9. The smallest absolute Gasteiger partial charge is 0.225 e. The van der Waals surface area contributed by atoms with Crippen molar-refractivity contribution in [1.29, 1.82) is 0 Å². The lowest BCUT2D eigenvalue weighted by Crippen LogP contribution is -2.27. The number of carbonyl (C=O) groups excluding carboxylic acids is 1. The molecule has 0 bridgehead atoms. The fraction of sp³-hybridized carbons (Fsp3) is 0.227. The molecule has 0 spiro atoms. The van der Waals surface area contributed by atoms with E-state index >= 15 is 0 Å². The van der Waals surface area contributed by atoms with Crippen LogP contribution in [-0.4, -0.2) is 31.2 Å². The van der Waals surface area contributed by atoms with Crippen molar-refractivity contribution in [1.82, 2.24) is 9.88 Å². The first-order chi connectivity index (χ1) is 13.6. The third-order valence-electron chi connectivity index (χ3n) is 4.47. The molecule has 1 heterocycles. The number of hydrogen-bond acceptors (Lipinski definition) is 3. The van der Waals surface area contributed by atoms with Crippen LogP contribution < -0.4 is 14.8 Å².